The molecule has 150 valence electrons. The van der Waals surface area contributed by atoms with E-state index in [-0.39, 0.29) is 11.9 Å². The lowest BCUT2D eigenvalue weighted by atomic mass is 9.98. The second-order valence-electron chi connectivity index (χ2n) is 6.48. The molecule has 4 nitrogen and oxygen atoms in total. The summed E-state index contributed by atoms with van der Waals surface area (Å²) in [5.41, 5.74) is 2.36. The Hall–Kier alpha value is -2.86. The van der Waals surface area contributed by atoms with Gasteiger partial charge in [0.1, 0.15) is 17.3 Å². The highest BCUT2D eigenvalue weighted by Gasteiger charge is 2.19. The Morgan fingerprint density at radius 1 is 0.966 bits per heavy atom. The molecule has 1 N–H and O–H groups in total. The van der Waals surface area contributed by atoms with Crippen molar-refractivity contribution >= 4 is 21.8 Å². The molecule has 0 spiro atoms. The lowest BCUT2D eigenvalue weighted by molar-refractivity contribution is 0.0935. The number of methoxy groups -OCH3 is 2. The average Bonchev–Trinajstić information content (AvgIpc) is 2.73. The van der Waals surface area contributed by atoms with Crippen LogP contribution in [-0.4, -0.2) is 20.1 Å². The molecule has 3 rings (SSSR count). The second-order valence-corrected chi connectivity index (χ2v) is 7.33. The van der Waals surface area contributed by atoms with Crippen LogP contribution in [0.2, 0.25) is 0 Å². The van der Waals surface area contributed by atoms with E-state index in [0.29, 0.717) is 16.5 Å². The maximum atomic E-state index is 13.4. The Morgan fingerprint density at radius 2 is 1.55 bits per heavy atom. The minimum Gasteiger partial charge on any atom is -0.497 e. The summed E-state index contributed by atoms with van der Waals surface area (Å²) in [6, 6.07) is 19.0. The van der Waals surface area contributed by atoms with Crippen LogP contribution in [0.4, 0.5) is 4.39 Å². The lowest BCUT2D eigenvalue weighted by Gasteiger charge is -2.20. The van der Waals surface area contributed by atoms with Crippen LogP contribution in [0.1, 0.15) is 27.5 Å². The number of ether oxygens (including phenoxy) is 2. The summed E-state index contributed by atoms with van der Waals surface area (Å²) < 4.78 is 24.2. The number of rotatable bonds is 7. The van der Waals surface area contributed by atoms with Gasteiger partial charge in [-0.2, -0.15) is 0 Å². The van der Waals surface area contributed by atoms with E-state index >= 15 is 0 Å². The molecule has 6 heteroatoms. The lowest BCUT2D eigenvalue weighted by Crippen LogP contribution is -2.30. The fourth-order valence-corrected chi connectivity index (χ4v) is 3.53. The highest BCUT2D eigenvalue weighted by atomic mass is 79.9. The zero-order valence-electron chi connectivity index (χ0n) is 16.1. The molecule has 3 aromatic rings. The first-order valence-electron chi connectivity index (χ1n) is 9.03. The molecule has 1 unspecified atom stereocenters. The van der Waals surface area contributed by atoms with Crippen LogP contribution in [0.5, 0.6) is 11.5 Å². The third-order valence-corrected chi connectivity index (χ3v) is 5.25. The first-order chi connectivity index (χ1) is 14.0. The van der Waals surface area contributed by atoms with Gasteiger partial charge in [0.15, 0.2) is 0 Å². The van der Waals surface area contributed by atoms with Gasteiger partial charge in [0, 0.05) is 4.47 Å². The van der Waals surface area contributed by atoms with Crippen LogP contribution < -0.4 is 14.8 Å². The Kier molecular flexibility index (Phi) is 6.88. The standard InChI is InChI=1S/C23H21BrFNO3/c1-28-18-8-3-15(4-9-18)13-22(16-5-10-19(29-2)11-6-16)26-23(27)20-12-7-17(25)14-21(20)24/h3-12,14,22H,13H2,1-2H3,(H,26,27). The SMILES string of the molecule is COc1ccc(CC(NC(=O)c2ccc(F)cc2Br)c2ccc(OC)cc2)cc1. The van der Waals surface area contributed by atoms with Crippen LogP contribution in [0.3, 0.4) is 0 Å². The number of carbonyl (C=O) groups is 1. The highest BCUT2D eigenvalue weighted by Crippen LogP contribution is 2.25. The van der Waals surface area contributed by atoms with Gasteiger partial charge in [-0.25, -0.2) is 4.39 Å². The van der Waals surface area contributed by atoms with Crippen LogP contribution >= 0.6 is 15.9 Å². The topological polar surface area (TPSA) is 47.6 Å². The molecule has 0 saturated heterocycles. The van der Waals surface area contributed by atoms with E-state index in [1.54, 1.807) is 14.2 Å². The smallest absolute Gasteiger partial charge is 0.252 e. The van der Waals surface area contributed by atoms with E-state index < -0.39 is 5.82 Å². The van der Waals surface area contributed by atoms with Crippen molar-refractivity contribution in [1.29, 1.82) is 0 Å². The minimum atomic E-state index is -0.404. The maximum absolute atomic E-state index is 13.4. The number of hydrogen-bond acceptors (Lipinski definition) is 3. The average molecular weight is 458 g/mol. The van der Waals surface area contributed by atoms with Crippen molar-refractivity contribution in [1.82, 2.24) is 5.32 Å². The fourth-order valence-electron chi connectivity index (χ4n) is 3.00. The molecule has 0 aliphatic rings. The van der Waals surface area contributed by atoms with Crippen LogP contribution in [-0.2, 0) is 6.42 Å². The van der Waals surface area contributed by atoms with Gasteiger partial charge < -0.3 is 14.8 Å². The molecule has 0 fully saturated rings. The Labute approximate surface area is 177 Å². The van der Waals surface area contributed by atoms with E-state index in [4.69, 9.17) is 9.47 Å². The van der Waals surface area contributed by atoms with Crippen molar-refractivity contribution < 1.29 is 18.7 Å². The van der Waals surface area contributed by atoms with Crippen LogP contribution in [0.15, 0.2) is 71.2 Å². The van der Waals surface area contributed by atoms with E-state index in [1.807, 2.05) is 48.5 Å². The fraction of sp³-hybridized carbons (Fsp3) is 0.174. The third-order valence-electron chi connectivity index (χ3n) is 4.60. The van der Waals surface area contributed by atoms with Crippen molar-refractivity contribution in [3.8, 4) is 11.5 Å². The molecule has 3 aromatic carbocycles. The number of benzene rings is 3. The minimum absolute atomic E-state index is 0.279. The first-order valence-corrected chi connectivity index (χ1v) is 9.82. The van der Waals surface area contributed by atoms with Crippen molar-refractivity contribution in [2.75, 3.05) is 14.2 Å². The molecular weight excluding hydrogens is 437 g/mol. The van der Waals surface area contributed by atoms with E-state index in [2.05, 4.69) is 21.2 Å². The molecule has 1 atom stereocenters. The second kappa shape index (κ2) is 9.56. The van der Waals surface area contributed by atoms with Gasteiger partial charge >= 0.3 is 0 Å². The third kappa shape index (κ3) is 5.35. The van der Waals surface area contributed by atoms with Gasteiger partial charge in [-0.1, -0.05) is 24.3 Å². The molecule has 0 heterocycles. The number of halogens is 2. The molecule has 0 bridgehead atoms. The van der Waals surface area contributed by atoms with Gasteiger partial charge in [-0.05, 0) is 75.9 Å². The van der Waals surface area contributed by atoms with Crippen LogP contribution in [0.25, 0.3) is 0 Å². The van der Waals surface area contributed by atoms with E-state index in [1.165, 1.54) is 18.2 Å². The molecule has 0 aliphatic heterocycles. The van der Waals surface area contributed by atoms with Gasteiger partial charge in [-0.3, -0.25) is 4.79 Å². The number of nitrogens with one attached hydrogen (secondary N) is 1. The summed E-state index contributed by atoms with van der Waals surface area (Å²) in [6.07, 6.45) is 0.584. The Balaban J connectivity index is 1.87. The summed E-state index contributed by atoms with van der Waals surface area (Å²) in [5, 5.41) is 3.06. The maximum Gasteiger partial charge on any atom is 0.252 e. The van der Waals surface area contributed by atoms with Crippen molar-refractivity contribution in [2.45, 2.75) is 12.5 Å². The summed E-state index contributed by atoms with van der Waals surface area (Å²) in [7, 11) is 3.23. The summed E-state index contributed by atoms with van der Waals surface area (Å²) >= 11 is 3.26. The van der Waals surface area contributed by atoms with Gasteiger partial charge in [0.2, 0.25) is 0 Å². The van der Waals surface area contributed by atoms with Gasteiger partial charge in [-0.15, -0.1) is 0 Å². The molecule has 0 radical (unpaired) electrons. The van der Waals surface area contributed by atoms with E-state index in [9.17, 15) is 9.18 Å². The largest absolute Gasteiger partial charge is 0.497 e. The predicted molar refractivity (Wildman–Crippen MR) is 114 cm³/mol. The van der Waals surface area contributed by atoms with Gasteiger partial charge in [0.05, 0.1) is 25.8 Å². The zero-order valence-corrected chi connectivity index (χ0v) is 17.7. The number of carbonyl (C=O) groups excluding carboxylic acids is 1. The monoisotopic (exact) mass is 457 g/mol. The molecule has 1 amide bonds. The number of hydrogen-bond donors (Lipinski definition) is 1. The van der Waals surface area contributed by atoms with Crippen molar-refractivity contribution in [3.05, 3.63) is 93.7 Å². The Bertz CT molecular complexity index is 974. The molecule has 29 heavy (non-hydrogen) atoms. The van der Waals surface area contributed by atoms with Crippen LogP contribution in [0, 0.1) is 5.82 Å². The highest BCUT2D eigenvalue weighted by molar-refractivity contribution is 9.10. The predicted octanol–water partition coefficient (Wildman–Crippen LogP) is 5.32. The molecule has 0 aromatic heterocycles. The zero-order chi connectivity index (χ0) is 20.8. The summed E-state index contributed by atoms with van der Waals surface area (Å²) in [4.78, 5) is 12.9. The Morgan fingerprint density at radius 3 is 2.10 bits per heavy atom. The number of amides is 1. The molecule has 0 saturated carbocycles. The normalized spacial score (nSPS) is 11.6. The molecular formula is C23H21BrFNO3. The van der Waals surface area contributed by atoms with E-state index in [0.717, 1.165) is 22.6 Å². The summed E-state index contributed by atoms with van der Waals surface area (Å²) in [5.74, 6) is 0.822. The van der Waals surface area contributed by atoms with Crippen molar-refractivity contribution in [3.63, 3.8) is 0 Å². The molecule has 0 aliphatic carbocycles. The first kappa shape index (κ1) is 20.9. The van der Waals surface area contributed by atoms with Crippen molar-refractivity contribution in [2.24, 2.45) is 0 Å². The summed E-state index contributed by atoms with van der Waals surface area (Å²) in [6.45, 7) is 0. The quantitative estimate of drug-likeness (QED) is 0.522. The van der Waals surface area contributed by atoms with Gasteiger partial charge in [0.25, 0.3) is 5.91 Å².